The normalized spacial score (nSPS) is 25.6. The number of nitrogens with zero attached hydrogens (tertiary/aromatic N) is 1. The highest BCUT2D eigenvalue weighted by atomic mass is 19.4. The number of alkyl halides is 3. The van der Waals surface area contributed by atoms with E-state index in [9.17, 15) is 18.0 Å². The molecule has 2 unspecified atom stereocenters. The van der Waals surface area contributed by atoms with E-state index >= 15 is 0 Å². The van der Waals surface area contributed by atoms with Crippen molar-refractivity contribution in [2.75, 3.05) is 26.3 Å². The summed E-state index contributed by atoms with van der Waals surface area (Å²) in [7, 11) is 0. The second-order valence-corrected chi connectivity index (χ2v) is 5.79. The van der Waals surface area contributed by atoms with Crippen LogP contribution in [0.1, 0.15) is 28.8 Å². The molecule has 0 N–H and O–H groups in total. The van der Waals surface area contributed by atoms with Gasteiger partial charge in [0.05, 0.1) is 18.3 Å². The third-order valence-electron chi connectivity index (χ3n) is 4.22. The molecular formula is C16H18F3NO3. The van der Waals surface area contributed by atoms with E-state index < -0.39 is 11.7 Å². The van der Waals surface area contributed by atoms with Crippen LogP contribution in [0.15, 0.2) is 24.3 Å². The second-order valence-electron chi connectivity index (χ2n) is 5.79. The van der Waals surface area contributed by atoms with Crippen molar-refractivity contribution in [3.8, 4) is 0 Å². The molecule has 2 saturated heterocycles. The molecule has 0 spiro atoms. The van der Waals surface area contributed by atoms with Crippen LogP contribution >= 0.6 is 0 Å². The monoisotopic (exact) mass is 329 g/mol. The average molecular weight is 329 g/mol. The van der Waals surface area contributed by atoms with Crippen molar-refractivity contribution >= 4 is 5.91 Å². The van der Waals surface area contributed by atoms with Crippen LogP contribution in [-0.4, -0.2) is 49.3 Å². The first-order chi connectivity index (χ1) is 10.9. The number of carbonyl (C=O) groups excluding carboxylic acids is 1. The van der Waals surface area contributed by atoms with Crippen LogP contribution in [0.3, 0.4) is 0 Å². The van der Waals surface area contributed by atoms with Gasteiger partial charge in [-0.3, -0.25) is 4.79 Å². The number of rotatable bonds is 2. The smallest absolute Gasteiger partial charge is 0.375 e. The van der Waals surface area contributed by atoms with Gasteiger partial charge in [0, 0.05) is 25.3 Å². The Kier molecular flexibility index (Phi) is 4.59. The van der Waals surface area contributed by atoms with Crippen LogP contribution in [-0.2, 0) is 15.7 Å². The second kappa shape index (κ2) is 6.49. The van der Waals surface area contributed by atoms with Gasteiger partial charge in [-0.25, -0.2) is 0 Å². The highest BCUT2D eigenvalue weighted by molar-refractivity contribution is 5.94. The fraction of sp³-hybridized carbons (Fsp3) is 0.562. The lowest BCUT2D eigenvalue weighted by Gasteiger charge is -2.35. The van der Waals surface area contributed by atoms with Crippen molar-refractivity contribution in [2.24, 2.45) is 0 Å². The molecule has 4 nitrogen and oxygen atoms in total. The van der Waals surface area contributed by atoms with Crippen molar-refractivity contribution in [1.82, 2.24) is 4.90 Å². The number of ether oxygens (including phenoxy) is 2. The third kappa shape index (κ3) is 3.67. The minimum Gasteiger partial charge on any atom is -0.375 e. The van der Waals surface area contributed by atoms with Gasteiger partial charge in [0.25, 0.3) is 5.91 Å². The van der Waals surface area contributed by atoms with Crippen LogP contribution in [0.4, 0.5) is 13.2 Å². The van der Waals surface area contributed by atoms with E-state index in [2.05, 4.69) is 0 Å². The number of carbonyl (C=O) groups is 1. The predicted octanol–water partition coefficient (Wildman–Crippen LogP) is 2.73. The summed E-state index contributed by atoms with van der Waals surface area (Å²) < 4.78 is 49.0. The zero-order valence-electron chi connectivity index (χ0n) is 12.5. The molecule has 2 atom stereocenters. The first-order valence-electron chi connectivity index (χ1n) is 7.65. The fourth-order valence-corrected chi connectivity index (χ4v) is 2.96. The molecule has 2 aliphatic rings. The summed E-state index contributed by atoms with van der Waals surface area (Å²) in [5, 5.41) is 0. The van der Waals surface area contributed by atoms with E-state index in [0.717, 1.165) is 25.0 Å². The van der Waals surface area contributed by atoms with Crippen molar-refractivity contribution in [2.45, 2.75) is 31.2 Å². The lowest BCUT2D eigenvalue weighted by molar-refractivity contribution is -0.137. The molecule has 1 amide bonds. The van der Waals surface area contributed by atoms with Gasteiger partial charge in [-0.1, -0.05) is 0 Å². The minimum absolute atomic E-state index is 0.00166. The molecule has 0 bridgehead atoms. The summed E-state index contributed by atoms with van der Waals surface area (Å²) in [6, 6.07) is 4.32. The summed E-state index contributed by atoms with van der Waals surface area (Å²) in [6.45, 7) is 1.96. The molecule has 2 heterocycles. The zero-order valence-corrected chi connectivity index (χ0v) is 12.5. The van der Waals surface area contributed by atoms with E-state index in [-0.39, 0.29) is 23.7 Å². The topological polar surface area (TPSA) is 38.8 Å². The van der Waals surface area contributed by atoms with Gasteiger partial charge in [-0.15, -0.1) is 0 Å². The van der Waals surface area contributed by atoms with E-state index in [1.165, 1.54) is 12.1 Å². The Bertz CT molecular complexity index is 553. The van der Waals surface area contributed by atoms with Gasteiger partial charge in [0.15, 0.2) is 0 Å². The van der Waals surface area contributed by atoms with Gasteiger partial charge < -0.3 is 14.4 Å². The van der Waals surface area contributed by atoms with Gasteiger partial charge in [-0.2, -0.15) is 13.2 Å². The summed E-state index contributed by atoms with van der Waals surface area (Å²) in [4.78, 5) is 14.1. The van der Waals surface area contributed by atoms with E-state index in [4.69, 9.17) is 9.47 Å². The molecule has 23 heavy (non-hydrogen) atoms. The van der Waals surface area contributed by atoms with Crippen molar-refractivity contribution in [3.05, 3.63) is 35.4 Å². The Morgan fingerprint density at radius 1 is 1.09 bits per heavy atom. The van der Waals surface area contributed by atoms with E-state index in [1.807, 2.05) is 0 Å². The third-order valence-corrected chi connectivity index (χ3v) is 4.22. The summed E-state index contributed by atoms with van der Waals surface area (Å²) in [5.74, 6) is -0.273. The minimum atomic E-state index is -4.40. The quantitative estimate of drug-likeness (QED) is 0.837. The number of morpholine rings is 1. The molecule has 1 aromatic carbocycles. The molecule has 7 heteroatoms. The predicted molar refractivity (Wildman–Crippen MR) is 76.1 cm³/mol. The van der Waals surface area contributed by atoms with Gasteiger partial charge in [0.2, 0.25) is 0 Å². The maximum absolute atomic E-state index is 12.6. The Morgan fingerprint density at radius 3 is 2.39 bits per heavy atom. The number of amides is 1. The van der Waals surface area contributed by atoms with Crippen molar-refractivity contribution in [3.63, 3.8) is 0 Å². The van der Waals surface area contributed by atoms with Crippen molar-refractivity contribution < 1.29 is 27.4 Å². The molecule has 0 aliphatic carbocycles. The summed E-state index contributed by atoms with van der Waals surface area (Å²) in [5.41, 5.74) is -0.501. The number of hydrogen-bond donors (Lipinski definition) is 0. The lowest BCUT2D eigenvalue weighted by Crippen LogP contribution is -2.49. The van der Waals surface area contributed by atoms with Crippen LogP contribution < -0.4 is 0 Å². The molecule has 0 saturated carbocycles. The molecule has 0 aromatic heterocycles. The van der Waals surface area contributed by atoms with Crippen LogP contribution in [0.25, 0.3) is 0 Å². The number of benzene rings is 1. The maximum atomic E-state index is 12.6. The van der Waals surface area contributed by atoms with E-state index in [1.54, 1.807) is 4.90 Å². The lowest BCUT2D eigenvalue weighted by atomic mass is 10.1. The van der Waals surface area contributed by atoms with Crippen LogP contribution in [0, 0.1) is 0 Å². The number of halogens is 3. The summed E-state index contributed by atoms with van der Waals surface area (Å²) >= 11 is 0. The summed E-state index contributed by atoms with van der Waals surface area (Å²) in [6.07, 6.45) is -2.67. The zero-order chi connectivity index (χ0) is 16.4. The van der Waals surface area contributed by atoms with E-state index in [0.29, 0.717) is 26.3 Å². The fourth-order valence-electron chi connectivity index (χ4n) is 2.96. The van der Waals surface area contributed by atoms with Gasteiger partial charge >= 0.3 is 6.18 Å². The molecule has 1 aromatic rings. The molecule has 3 rings (SSSR count). The standard InChI is InChI=1S/C16H18F3NO3/c17-16(18,19)12-5-3-11(4-6-12)15(21)20-7-9-23-14(10-20)13-2-1-8-22-13/h3-6,13-14H,1-2,7-10H2. The first kappa shape index (κ1) is 16.3. The average Bonchev–Trinajstić information content (AvgIpc) is 3.08. The Labute approximate surface area is 132 Å². The maximum Gasteiger partial charge on any atom is 0.416 e. The highest BCUT2D eigenvalue weighted by Gasteiger charge is 2.34. The van der Waals surface area contributed by atoms with Crippen molar-refractivity contribution in [1.29, 1.82) is 0 Å². The Balaban J connectivity index is 1.67. The first-order valence-corrected chi connectivity index (χ1v) is 7.65. The van der Waals surface area contributed by atoms with Gasteiger partial charge in [0.1, 0.15) is 6.10 Å². The SMILES string of the molecule is O=C(c1ccc(C(F)(F)F)cc1)N1CCOC(C2CCCO2)C1. The van der Waals surface area contributed by atoms with Crippen LogP contribution in [0.2, 0.25) is 0 Å². The highest BCUT2D eigenvalue weighted by Crippen LogP contribution is 2.29. The number of hydrogen-bond acceptors (Lipinski definition) is 3. The van der Waals surface area contributed by atoms with Gasteiger partial charge in [-0.05, 0) is 37.1 Å². The Morgan fingerprint density at radius 2 is 1.78 bits per heavy atom. The molecule has 2 aliphatic heterocycles. The molecule has 0 radical (unpaired) electrons. The largest absolute Gasteiger partial charge is 0.416 e. The Hall–Kier alpha value is -1.60. The van der Waals surface area contributed by atoms with Crippen LogP contribution in [0.5, 0.6) is 0 Å². The molecule has 126 valence electrons. The molecular weight excluding hydrogens is 311 g/mol. The molecule has 2 fully saturated rings.